The van der Waals surface area contributed by atoms with E-state index in [1.165, 1.54) is 21.3 Å². The molecule has 1 atom stereocenters. The number of rotatable bonds is 4. The van der Waals surface area contributed by atoms with Crippen LogP contribution in [0.3, 0.4) is 0 Å². The first-order chi connectivity index (χ1) is 12.3. The van der Waals surface area contributed by atoms with Gasteiger partial charge in [-0.25, -0.2) is 4.79 Å². The van der Waals surface area contributed by atoms with E-state index < -0.39 is 6.04 Å². The van der Waals surface area contributed by atoms with Crippen molar-refractivity contribution in [2.24, 2.45) is 5.41 Å². The van der Waals surface area contributed by atoms with Gasteiger partial charge in [0.1, 0.15) is 0 Å². The molecule has 2 amide bonds. The third-order valence-corrected chi connectivity index (χ3v) is 4.77. The lowest BCUT2D eigenvalue weighted by atomic mass is 9.73. The minimum absolute atomic E-state index is 0.0301. The van der Waals surface area contributed by atoms with E-state index in [1.54, 1.807) is 12.1 Å². The highest BCUT2D eigenvalue weighted by Crippen LogP contribution is 2.45. The average molecular weight is 360 g/mol. The van der Waals surface area contributed by atoms with Crippen LogP contribution in [0.25, 0.3) is 0 Å². The van der Waals surface area contributed by atoms with Crippen molar-refractivity contribution in [1.82, 2.24) is 10.6 Å². The standard InChI is InChI=1S/C19H24N2O5/c1-19(2)8-11-15(12(22)9-19)16(21-18(23)20-11)10-6-13(24-3)17(26-5)14(7-10)25-4/h6-7,16H,8-9H2,1-5H3,(H2,20,21,23). The van der Waals surface area contributed by atoms with Crippen LogP contribution in [0.5, 0.6) is 17.2 Å². The van der Waals surface area contributed by atoms with Gasteiger partial charge in [-0.15, -0.1) is 0 Å². The first kappa shape index (κ1) is 18.1. The Labute approximate surface area is 152 Å². The van der Waals surface area contributed by atoms with Crippen LogP contribution in [0.1, 0.15) is 38.3 Å². The number of methoxy groups -OCH3 is 3. The van der Waals surface area contributed by atoms with Crippen molar-refractivity contribution in [2.75, 3.05) is 21.3 Å². The smallest absolute Gasteiger partial charge is 0.319 e. The highest BCUT2D eigenvalue weighted by Gasteiger charge is 2.40. The molecule has 1 aliphatic carbocycles. The Balaban J connectivity index is 2.13. The van der Waals surface area contributed by atoms with Crippen LogP contribution in [0.4, 0.5) is 4.79 Å². The molecule has 1 aromatic carbocycles. The second-order valence-corrected chi connectivity index (χ2v) is 7.32. The maximum absolute atomic E-state index is 12.8. The molecule has 0 bridgehead atoms. The van der Waals surface area contributed by atoms with Crippen molar-refractivity contribution in [3.63, 3.8) is 0 Å². The fourth-order valence-corrected chi connectivity index (χ4v) is 3.68. The summed E-state index contributed by atoms with van der Waals surface area (Å²) in [6, 6.07) is 2.63. The van der Waals surface area contributed by atoms with Crippen LogP contribution in [0.15, 0.2) is 23.4 Å². The van der Waals surface area contributed by atoms with Crippen LogP contribution in [-0.4, -0.2) is 33.1 Å². The van der Waals surface area contributed by atoms with Gasteiger partial charge in [0.25, 0.3) is 0 Å². The second-order valence-electron chi connectivity index (χ2n) is 7.32. The number of benzene rings is 1. The lowest BCUT2D eigenvalue weighted by Crippen LogP contribution is -2.48. The second kappa shape index (κ2) is 6.55. The van der Waals surface area contributed by atoms with E-state index in [0.717, 1.165) is 0 Å². The number of hydrogen-bond donors (Lipinski definition) is 2. The summed E-state index contributed by atoms with van der Waals surface area (Å²) in [4.78, 5) is 25.0. The Bertz CT molecular complexity index is 772. The molecule has 0 spiro atoms. The number of ether oxygens (including phenoxy) is 3. The van der Waals surface area contributed by atoms with Gasteiger partial charge >= 0.3 is 6.03 Å². The minimum atomic E-state index is -0.559. The lowest BCUT2D eigenvalue weighted by Gasteiger charge is -2.38. The fraction of sp³-hybridized carbons (Fsp3) is 0.474. The number of nitrogens with one attached hydrogen (secondary N) is 2. The van der Waals surface area contributed by atoms with E-state index in [-0.39, 0.29) is 17.2 Å². The van der Waals surface area contributed by atoms with Crippen molar-refractivity contribution < 1.29 is 23.8 Å². The molecule has 140 valence electrons. The third kappa shape index (κ3) is 3.09. The summed E-state index contributed by atoms with van der Waals surface area (Å²) in [5.41, 5.74) is 1.81. The number of carbonyl (C=O) groups is 2. The van der Waals surface area contributed by atoms with E-state index in [0.29, 0.717) is 46.9 Å². The largest absolute Gasteiger partial charge is 0.493 e. The number of ketones is 1. The number of hydrogen-bond acceptors (Lipinski definition) is 5. The Morgan fingerprint density at radius 3 is 2.15 bits per heavy atom. The minimum Gasteiger partial charge on any atom is -0.493 e. The molecule has 7 nitrogen and oxygen atoms in total. The number of Topliss-reactive ketones (excluding diaryl/α,β-unsaturated/α-hetero) is 1. The maximum Gasteiger partial charge on any atom is 0.319 e. The SMILES string of the molecule is COc1cc(C2NC(=O)NC3=C2C(=O)CC(C)(C)C3)cc(OC)c1OC. The van der Waals surface area contributed by atoms with Crippen molar-refractivity contribution >= 4 is 11.8 Å². The van der Waals surface area contributed by atoms with Gasteiger partial charge in [-0.05, 0) is 29.5 Å². The van der Waals surface area contributed by atoms with Gasteiger partial charge in [0, 0.05) is 17.7 Å². The Morgan fingerprint density at radius 2 is 1.62 bits per heavy atom. The topological polar surface area (TPSA) is 85.9 Å². The summed E-state index contributed by atoms with van der Waals surface area (Å²) < 4.78 is 16.1. The van der Waals surface area contributed by atoms with Crippen LogP contribution in [0.2, 0.25) is 0 Å². The van der Waals surface area contributed by atoms with Gasteiger partial charge in [0.2, 0.25) is 5.75 Å². The monoisotopic (exact) mass is 360 g/mol. The zero-order chi connectivity index (χ0) is 19.1. The normalized spacial score (nSPS) is 21.5. The number of allylic oxidation sites excluding steroid dienone is 1. The number of carbonyl (C=O) groups excluding carboxylic acids is 2. The zero-order valence-corrected chi connectivity index (χ0v) is 15.7. The van der Waals surface area contributed by atoms with E-state index in [9.17, 15) is 9.59 Å². The van der Waals surface area contributed by atoms with Crippen LogP contribution in [-0.2, 0) is 4.79 Å². The predicted octanol–water partition coefficient (Wildman–Crippen LogP) is 2.71. The predicted molar refractivity (Wildman–Crippen MR) is 95.6 cm³/mol. The first-order valence-corrected chi connectivity index (χ1v) is 8.43. The Morgan fingerprint density at radius 1 is 1.00 bits per heavy atom. The Kier molecular flexibility index (Phi) is 4.56. The molecule has 2 N–H and O–H groups in total. The molecule has 0 aromatic heterocycles. The molecule has 1 aliphatic heterocycles. The first-order valence-electron chi connectivity index (χ1n) is 8.43. The summed E-state index contributed by atoms with van der Waals surface area (Å²) in [5, 5.41) is 5.65. The van der Waals surface area contributed by atoms with Crippen molar-refractivity contribution in [1.29, 1.82) is 0 Å². The highest BCUT2D eigenvalue weighted by molar-refractivity contribution is 6.01. The third-order valence-electron chi connectivity index (χ3n) is 4.77. The van der Waals surface area contributed by atoms with Gasteiger partial charge in [0.05, 0.1) is 27.4 Å². The van der Waals surface area contributed by atoms with E-state index in [2.05, 4.69) is 10.6 Å². The molecule has 1 unspecified atom stereocenters. The lowest BCUT2D eigenvalue weighted by molar-refractivity contribution is -0.118. The van der Waals surface area contributed by atoms with Gasteiger partial charge < -0.3 is 24.8 Å². The molecule has 0 saturated carbocycles. The summed E-state index contributed by atoms with van der Waals surface area (Å²) in [6.07, 6.45) is 1.08. The van der Waals surface area contributed by atoms with E-state index >= 15 is 0 Å². The molecule has 7 heteroatoms. The Hall–Kier alpha value is -2.70. The molecule has 26 heavy (non-hydrogen) atoms. The van der Waals surface area contributed by atoms with Gasteiger partial charge in [-0.3, -0.25) is 4.79 Å². The van der Waals surface area contributed by atoms with Gasteiger partial charge in [0.15, 0.2) is 17.3 Å². The van der Waals surface area contributed by atoms with E-state index in [4.69, 9.17) is 14.2 Å². The highest BCUT2D eigenvalue weighted by atomic mass is 16.5. The van der Waals surface area contributed by atoms with Gasteiger partial charge in [-0.2, -0.15) is 0 Å². The molecule has 1 heterocycles. The zero-order valence-electron chi connectivity index (χ0n) is 15.7. The van der Waals surface area contributed by atoms with Gasteiger partial charge in [-0.1, -0.05) is 13.8 Å². The quantitative estimate of drug-likeness (QED) is 0.862. The van der Waals surface area contributed by atoms with Crippen molar-refractivity contribution in [2.45, 2.75) is 32.7 Å². The van der Waals surface area contributed by atoms with Crippen LogP contribution < -0.4 is 24.8 Å². The maximum atomic E-state index is 12.8. The fourth-order valence-electron chi connectivity index (χ4n) is 3.68. The van der Waals surface area contributed by atoms with Crippen LogP contribution >= 0.6 is 0 Å². The van der Waals surface area contributed by atoms with Crippen LogP contribution in [0, 0.1) is 5.41 Å². The summed E-state index contributed by atoms with van der Waals surface area (Å²) in [6.45, 7) is 4.05. The molecule has 0 radical (unpaired) electrons. The molecular formula is C19H24N2O5. The number of urea groups is 1. The number of amides is 2. The average Bonchev–Trinajstić information content (AvgIpc) is 2.57. The summed E-state index contributed by atoms with van der Waals surface area (Å²) >= 11 is 0. The molecule has 0 saturated heterocycles. The molecule has 1 aromatic rings. The van der Waals surface area contributed by atoms with Crippen molar-refractivity contribution in [3.05, 3.63) is 29.0 Å². The van der Waals surface area contributed by atoms with Crippen molar-refractivity contribution in [3.8, 4) is 17.2 Å². The van der Waals surface area contributed by atoms with E-state index in [1.807, 2.05) is 13.8 Å². The summed E-state index contributed by atoms with van der Waals surface area (Å²) in [5.74, 6) is 1.44. The molecule has 3 rings (SSSR count). The molecule has 2 aliphatic rings. The molecule has 0 fully saturated rings. The summed E-state index contributed by atoms with van der Waals surface area (Å²) in [7, 11) is 4.59. The molecular weight excluding hydrogens is 336 g/mol.